The molecule has 0 spiro atoms. The Balaban J connectivity index is 1.22. The zero-order chi connectivity index (χ0) is 28.4. The number of aromatic nitrogens is 1. The number of ether oxygens (including phenoxy) is 5. The van der Waals surface area contributed by atoms with Gasteiger partial charge in [0, 0.05) is 35.9 Å². The molecule has 0 radical (unpaired) electrons. The molecule has 1 heterocycles. The average Bonchev–Trinajstić information content (AvgIpc) is 3.40. The van der Waals surface area contributed by atoms with Gasteiger partial charge in [0.25, 0.3) is 0 Å². The highest BCUT2D eigenvalue weighted by atomic mass is 16.5. The van der Waals surface area contributed by atoms with Gasteiger partial charge in [-0.05, 0) is 42.5 Å². The van der Waals surface area contributed by atoms with Crippen LogP contribution in [0.25, 0.3) is 21.8 Å². The van der Waals surface area contributed by atoms with Gasteiger partial charge < -0.3 is 33.8 Å². The highest BCUT2D eigenvalue weighted by molar-refractivity contribution is 6.10. The molecular formula is C33H36N2O6. The molecule has 0 saturated heterocycles. The third-order valence-corrected chi connectivity index (χ3v) is 6.86. The van der Waals surface area contributed by atoms with Gasteiger partial charge in [0.2, 0.25) is 0 Å². The van der Waals surface area contributed by atoms with Crippen LogP contribution in [0.15, 0.2) is 91.0 Å². The lowest BCUT2D eigenvalue weighted by atomic mass is 10.1. The predicted octanol–water partition coefficient (Wildman–Crippen LogP) is 5.54. The molecule has 0 bridgehead atoms. The number of methoxy groups -OCH3 is 2. The number of nitrogens with zero attached hydrogens (tertiary/aromatic N) is 1. The van der Waals surface area contributed by atoms with Crippen LogP contribution in [0.4, 0.5) is 0 Å². The lowest BCUT2D eigenvalue weighted by molar-refractivity contribution is 0.0583. The van der Waals surface area contributed by atoms with Gasteiger partial charge >= 0.3 is 0 Å². The first-order chi connectivity index (χ1) is 20.2. The van der Waals surface area contributed by atoms with Crippen LogP contribution in [0.1, 0.15) is 0 Å². The number of para-hydroxylation sites is 5. The van der Waals surface area contributed by atoms with Crippen LogP contribution in [-0.4, -0.2) is 74.8 Å². The second-order valence-corrected chi connectivity index (χ2v) is 9.61. The van der Waals surface area contributed by atoms with Crippen LogP contribution in [-0.2, 0) is 0 Å². The molecule has 1 aromatic heterocycles. The van der Waals surface area contributed by atoms with Crippen molar-refractivity contribution in [2.24, 2.45) is 0 Å². The monoisotopic (exact) mass is 556 g/mol. The van der Waals surface area contributed by atoms with E-state index in [0.717, 1.165) is 27.6 Å². The van der Waals surface area contributed by atoms with E-state index >= 15 is 0 Å². The minimum Gasteiger partial charge on any atom is -0.493 e. The largest absolute Gasteiger partial charge is 0.493 e. The van der Waals surface area contributed by atoms with Crippen LogP contribution in [0.2, 0.25) is 0 Å². The van der Waals surface area contributed by atoms with E-state index in [0.29, 0.717) is 55.8 Å². The molecule has 5 aromatic rings. The van der Waals surface area contributed by atoms with Crippen LogP contribution in [0, 0.1) is 0 Å². The van der Waals surface area contributed by atoms with Crippen molar-refractivity contribution in [1.29, 1.82) is 0 Å². The quantitative estimate of drug-likeness (QED) is 0.175. The molecular weight excluding hydrogens is 520 g/mol. The number of rotatable bonds is 15. The molecule has 0 aliphatic rings. The van der Waals surface area contributed by atoms with E-state index in [-0.39, 0.29) is 6.61 Å². The molecule has 0 unspecified atom stereocenters. The molecule has 214 valence electrons. The SMILES string of the molecule is COc1ccccc1OCCN(CCOc1ccccc1OC)C[C@@H](O)COc1cccc2[nH]c3ccccc3c12. The fraction of sp³-hybridized carbons (Fsp3) is 0.273. The Hall–Kier alpha value is -4.40. The van der Waals surface area contributed by atoms with Crippen molar-refractivity contribution >= 4 is 21.8 Å². The third kappa shape index (κ3) is 7.03. The van der Waals surface area contributed by atoms with E-state index in [9.17, 15) is 5.11 Å². The zero-order valence-corrected chi connectivity index (χ0v) is 23.4. The average molecular weight is 557 g/mol. The van der Waals surface area contributed by atoms with E-state index in [4.69, 9.17) is 23.7 Å². The molecule has 8 heteroatoms. The molecule has 4 aromatic carbocycles. The van der Waals surface area contributed by atoms with Gasteiger partial charge in [0.1, 0.15) is 31.7 Å². The van der Waals surface area contributed by atoms with Crippen molar-refractivity contribution < 1.29 is 28.8 Å². The maximum atomic E-state index is 11.0. The van der Waals surface area contributed by atoms with E-state index in [1.54, 1.807) is 14.2 Å². The molecule has 2 N–H and O–H groups in total. The Bertz CT molecular complexity index is 1500. The highest BCUT2D eigenvalue weighted by Gasteiger charge is 2.16. The maximum absolute atomic E-state index is 11.0. The first kappa shape index (κ1) is 28.1. The van der Waals surface area contributed by atoms with E-state index in [2.05, 4.69) is 16.0 Å². The molecule has 8 nitrogen and oxygen atoms in total. The van der Waals surface area contributed by atoms with Gasteiger partial charge in [0.05, 0.1) is 19.7 Å². The summed E-state index contributed by atoms with van der Waals surface area (Å²) in [4.78, 5) is 5.53. The first-order valence-corrected chi connectivity index (χ1v) is 13.7. The normalized spacial score (nSPS) is 12.0. The fourth-order valence-corrected chi connectivity index (χ4v) is 4.87. The summed E-state index contributed by atoms with van der Waals surface area (Å²) in [7, 11) is 3.24. The lowest BCUT2D eigenvalue weighted by Crippen LogP contribution is -2.40. The number of aliphatic hydroxyl groups is 1. The Morgan fingerprint density at radius 2 is 1.17 bits per heavy atom. The number of H-pyrrole nitrogens is 1. The Labute approximate surface area is 240 Å². The molecule has 0 aliphatic heterocycles. The summed E-state index contributed by atoms with van der Waals surface area (Å²) in [6, 6.07) is 29.2. The number of hydrogen-bond acceptors (Lipinski definition) is 7. The summed E-state index contributed by atoms with van der Waals surface area (Å²) < 4.78 is 29.0. The Kier molecular flexibility index (Phi) is 9.46. The van der Waals surface area contributed by atoms with E-state index < -0.39 is 6.10 Å². The second kappa shape index (κ2) is 13.8. The minimum atomic E-state index is -0.729. The minimum absolute atomic E-state index is 0.149. The van der Waals surface area contributed by atoms with Crippen molar-refractivity contribution in [3.05, 3.63) is 91.0 Å². The van der Waals surface area contributed by atoms with Gasteiger partial charge in [-0.1, -0.05) is 48.5 Å². The number of aromatic amines is 1. The molecule has 1 atom stereocenters. The van der Waals surface area contributed by atoms with Crippen LogP contribution < -0.4 is 23.7 Å². The van der Waals surface area contributed by atoms with Gasteiger partial charge in [-0.3, -0.25) is 4.90 Å². The topological polar surface area (TPSA) is 85.4 Å². The van der Waals surface area contributed by atoms with Crippen molar-refractivity contribution in [2.75, 3.05) is 53.7 Å². The molecule has 41 heavy (non-hydrogen) atoms. The summed E-state index contributed by atoms with van der Waals surface area (Å²) in [5, 5.41) is 13.1. The lowest BCUT2D eigenvalue weighted by Gasteiger charge is -2.25. The molecule has 0 amide bonds. The van der Waals surface area contributed by atoms with Gasteiger partial charge in [0.15, 0.2) is 23.0 Å². The van der Waals surface area contributed by atoms with E-state index in [1.165, 1.54) is 0 Å². The smallest absolute Gasteiger partial charge is 0.161 e. The number of fused-ring (bicyclic) bond motifs is 3. The highest BCUT2D eigenvalue weighted by Crippen LogP contribution is 2.33. The van der Waals surface area contributed by atoms with Gasteiger partial charge in [-0.2, -0.15) is 0 Å². The predicted molar refractivity (Wildman–Crippen MR) is 161 cm³/mol. The number of hydrogen-bond donors (Lipinski definition) is 2. The van der Waals surface area contributed by atoms with Crippen LogP contribution in [0.5, 0.6) is 28.7 Å². The van der Waals surface area contributed by atoms with Gasteiger partial charge in [-0.25, -0.2) is 0 Å². The fourth-order valence-electron chi connectivity index (χ4n) is 4.87. The standard InChI is InChI=1S/C33H36N2O6/c1-37-28-13-5-7-15-30(28)39-20-18-35(19-21-40-31-16-8-6-14-29(31)38-2)22-24(36)23-41-32-17-9-12-27-33(32)25-10-3-4-11-26(25)34-27/h3-17,24,34,36H,18-23H2,1-2H3/t24-/m1/s1. The summed E-state index contributed by atoms with van der Waals surface area (Å²) >= 11 is 0. The second-order valence-electron chi connectivity index (χ2n) is 9.61. The Morgan fingerprint density at radius 3 is 1.80 bits per heavy atom. The number of aliphatic hydroxyl groups excluding tert-OH is 1. The summed E-state index contributed by atoms with van der Waals surface area (Å²) in [5.41, 5.74) is 2.05. The summed E-state index contributed by atoms with van der Waals surface area (Å²) in [5.74, 6) is 3.45. The van der Waals surface area contributed by atoms with Gasteiger partial charge in [-0.15, -0.1) is 0 Å². The van der Waals surface area contributed by atoms with Crippen molar-refractivity contribution in [3.8, 4) is 28.7 Å². The molecule has 0 aliphatic carbocycles. The van der Waals surface area contributed by atoms with Crippen molar-refractivity contribution in [3.63, 3.8) is 0 Å². The summed E-state index contributed by atoms with van der Waals surface area (Å²) in [6.07, 6.45) is -0.729. The summed E-state index contributed by atoms with van der Waals surface area (Å²) in [6.45, 7) is 2.50. The molecule has 5 rings (SSSR count). The molecule has 0 saturated carbocycles. The van der Waals surface area contributed by atoms with Crippen LogP contribution >= 0.6 is 0 Å². The Morgan fingerprint density at radius 1 is 0.634 bits per heavy atom. The first-order valence-electron chi connectivity index (χ1n) is 13.7. The third-order valence-electron chi connectivity index (χ3n) is 6.86. The maximum Gasteiger partial charge on any atom is 0.161 e. The van der Waals surface area contributed by atoms with Crippen molar-refractivity contribution in [2.45, 2.75) is 6.10 Å². The zero-order valence-electron chi connectivity index (χ0n) is 23.4. The van der Waals surface area contributed by atoms with Crippen molar-refractivity contribution in [1.82, 2.24) is 9.88 Å². The number of benzene rings is 4. The molecule has 0 fully saturated rings. The van der Waals surface area contributed by atoms with Crippen LogP contribution in [0.3, 0.4) is 0 Å². The van der Waals surface area contributed by atoms with E-state index in [1.807, 2.05) is 84.9 Å². The number of nitrogens with one attached hydrogen (secondary N) is 1.